The third-order valence-corrected chi connectivity index (χ3v) is 4.71. The third-order valence-electron chi connectivity index (χ3n) is 3.82. The van der Waals surface area contributed by atoms with Crippen molar-refractivity contribution in [2.24, 2.45) is 0 Å². The van der Waals surface area contributed by atoms with E-state index in [0.29, 0.717) is 16.9 Å². The molecule has 0 aliphatic rings. The number of rotatable bonds is 6. The van der Waals surface area contributed by atoms with Gasteiger partial charge < -0.3 is 15.4 Å². The van der Waals surface area contributed by atoms with Crippen molar-refractivity contribution in [1.82, 2.24) is 10.3 Å². The molecule has 144 valence electrons. The fourth-order valence-electron chi connectivity index (χ4n) is 2.54. The fourth-order valence-corrected chi connectivity index (χ4v) is 3.34. The summed E-state index contributed by atoms with van der Waals surface area (Å²) >= 11 is 1.40. The molecule has 2 aromatic carbocycles. The molecule has 0 fully saturated rings. The second kappa shape index (κ2) is 8.67. The quantitative estimate of drug-likeness (QED) is 0.655. The molecule has 0 unspecified atom stereocenters. The first-order valence-corrected chi connectivity index (χ1v) is 9.70. The van der Waals surface area contributed by atoms with E-state index in [1.807, 2.05) is 38.1 Å². The van der Waals surface area contributed by atoms with Crippen molar-refractivity contribution < 1.29 is 14.3 Å². The maximum atomic E-state index is 12.5. The summed E-state index contributed by atoms with van der Waals surface area (Å²) in [5.74, 6) is 0.262. The van der Waals surface area contributed by atoms with Crippen LogP contribution in [0.2, 0.25) is 0 Å². The van der Waals surface area contributed by atoms with E-state index in [0.717, 1.165) is 16.3 Å². The first-order valence-electron chi connectivity index (χ1n) is 8.82. The Labute approximate surface area is 167 Å². The Hall–Kier alpha value is -3.19. The Morgan fingerprint density at radius 1 is 1.07 bits per heavy atom. The van der Waals surface area contributed by atoms with Crippen LogP contribution >= 0.6 is 11.3 Å². The molecular formula is C21H21N3O3S. The number of nitrogens with one attached hydrogen (secondary N) is 2. The Bertz CT molecular complexity index is 981. The summed E-state index contributed by atoms with van der Waals surface area (Å²) in [6.45, 7) is 3.95. The number of carbonyl (C=O) groups is 2. The largest absolute Gasteiger partial charge is 0.491 e. The highest BCUT2D eigenvalue weighted by Crippen LogP contribution is 2.26. The van der Waals surface area contributed by atoms with Gasteiger partial charge in [0.05, 0.1) is 6.10 Å². The van der Waals surface area contributed by atoms with Gasteiger partial charge in [0, 0.05) is 29.2 Å². The smallest absolute Gasteiger partial charge is 0.275 e. The van der Waals surface area contributed by atoms with Crippen LogP contribution in [-0.2, 0) is 0 Å². The summed E-state index contributed by atoms with van der Waals surface area (Å²) in [5, 5.41) is 7.80. The molecule has 2 amide bonds. The van der Waals surface area contributed by atoms with E-state index in [2.05, 4.69) is 15.6 Å². The van der Waals surface area contributed by atoms with Gasteiger partial charge in [-0.1, -0.05) is 6.07 Å². The van der Waals surface area contributed by atoms with Crippen molar-refractivity contribution in [3.05, 3.63) is 65.2 Å². The molecule has 2 N–H and O–H groups in total. The average molecular weight is 395 g/mol. The molecule has 28 heavy (non-hydrogen) atoms. The molecule has 1 heterocycles. The van der Waals surface area contributed by atoms with E-state index in [1.165, 1.54) is 11.3 Å². The van der Waals surface area contributed by atoms with Crippen LogP contribution in [0.4, 0.5) is 5.69 Å². The maximum Gasteiger partial charge on any atom is 0.275 e. The van der Waals surface area contributed by atoms with Gasteiger partial charge in [-0.15, -0.1) is 11.3 Å². The van der Waals surface area contributed by atoms with E-state index < -0.39 is 0 Å². The molecule has 7 heteroatoms. The zero-order valence-electron chi connectivity index (χ0n) is 15.9. The lowest BCUT2D eigenvalue weighted by atomic mass is 10.2. The molecule has 1 aromatic heterocycles. The summed E-state index contributed by atoms with van der Waals surface area (Å²) in [6.07, 6.45) is 0.114. The van der Waals surface area contributed by atoms with E-state index in [1.54, 1.807) is 36.7 Å². The zero-order chi connectivity index (χ0) is 20.1. The SMILES string of the molecule is CNC(=O)c1cccc(NC(=O)c2csc(-c3ccc(OC(C)C)cc3)n2)c1. The Morgan fingerprint density at radius 3 is 2.50 bits per heavy atom. The molecule has 0 aliphatic carbocycles. The monoisotopic (exact) mass is 395 g/mol. The minimum Gasteiger partial charge on any atom is -0.491 e. The minimum absolute atomic E-state index is 0.114. The van der Waals surface area contributed by atoms with E-state index in [4.69, 9.17) is 4.74 Å². The van der Waals surface area contributed by atoms with Gasteiger partial charge in [0.2, 0.25) is 0 Å². The molecule has 0 bridgehead atoms. The van der Waals surface area contributed by atoms with E-state index >= 15 is 0 Å². The fraction of sp³-hybridized carbons (Fsp3) is 0.190. The van der Waals surface area contributed by atoms with E-state index in [-0.39, 0.29) is 17.9 Å². The normalized spacial score (nSPS) is 10.6. The number of ether oxygens (including phenoxy) is 1. The van der Waals surface area contributed by atoms with Crippen LogP contribution in [-0.4, -0.2) is 29.9 Å². The van der Waals surface area contributed by atoms with Crippen molar-refractivity contribution in [2.75, 3.05) is 12.4 Å². The van der Waals surface area contributed by atoms with Gasteiger partial charge in [-0.05, 0) is 56.3 Å². The lowest BCUT2D eigenvalue weighted by Crippen LogP contribution is -2.18. The molecule has 0 spiro atoms. The van der Waals surface area contributed by atoms with Crippen molar-refractivity contribution >= 4 is 28.8 Å². The van der Waals surface area contributed by atoms with Gasteiger partial charge in [-0.2, -0.15) is 0 Å². The first kappa shape index (κ1) is 19.6. The number of carbonyl (C=O) groups excluding carboxylic acids is 2. The van der Waals surface area contributed by atoms with Crippen molar-refractivity contribution in [3.63, 3.8) is 0 Å². The van der Waals surface area contributed by atoms with E-state index in [9.17, 15) is 9.59 Å². The predicted molar refractivity (Wildman–Crippen MR) is 111 cm³/mol. The number of hydrogen-bond acceptors (Lipinski definition) is 5. The summed E-state index contributed by atoms with van der Waals surface area (Å²) in [4.78, 5) is 28.6. The number of thiazole rings is 1. The molecule has 0 radical (unpaired) electrons. The van der Waals surface area contributed by atoms with Crippen LogP contribution in [0.25, 0.3) is 10.6 Å². The number of anilines is 1. The lowest BCUT2D eigenvalue weighted by Gasteiger charge is -2.09. The Morgan fingerprint density at radius 2 is 1.82 bits per heavy atom. The third kappa shape index (κ3) is 4.75. The molecule has 0 aliphatic heterocycles. The van der Waals surface area contributed by atoms with Crippen LogP contribution in [0.1, 0.15) is 34.7 Å². The van der Waals surface area contributed by atoms with Crippen LogP contribution in [0, 0.1) is 0 Å². The van der Waals surface area contributed by atoms with Crippen molar-refractivity contribution in [1.29, 1.82) is 0 Å². The van der Waals surface area contributed by atoms with Crippen LogP contribution in [0.3, 0.4) is 0 Å². The van der Waals surface area contributed by atoms with Crippen LogP contribution < -0.4 is 15.4 Å². The summed E-state index contributed by atoms with van der Waals surface area (Å²) in [7, 11) is 1.56. The first-order chi connectivity index (χ1) is 13.5. The van der Waals surface area contributed by atoms with Gasteiger partial charge in [0.1, 0.15) is 16.5 Å². The predicted octanol–water partition coefficient (Wildman–Crippen LogP) is 4.21. The Kier molecular flexibility index (Phi) is 6.06. The number of nitrogens with zero attached hydrogens (tertiary/aromatic N) is 1. The number of amides is 2. The number of aromatic nitrogens is 1. The van der Waals surface area contributed by atoms with Crippen molar-refractivity contribution in [3.8, 4) is 16.3 Å². The highest BCUT2D eigenvalue weighted by molar-refractivity contribution is 7.13. The molecule has 3 rings (SSSR count). The maximum absolute atomic E-state index is 12.5. The second-order valence-electron chi connectivity index (χ2n) is 6.34. The van der Waals surface area contributed by atoms with Gasteiger partial charge >= 0.3 is 0 Å². The van der Waals surface area contributed by atoms with Crippen molar-refractivity contribution in [2.45, 2.75) is 20.0 Å². The number of hydrogen-bond donors (Lipinski definition) is 2. The molecule has 6 nitrogen and oxygen atoms in total. The summed E-state index contributed by atoms with van der Waals surface area (Å²) in [6, 6.07) is 14.4. The number of benzene rings is 2. The minimum atomic E-state index is -0.323. The molecule has 0 atom stereocenters. The second-order valence-corrected chi connectivity index (χ2v) is 7.20. The highest BCUT2D eigenvalue weighted by atomic mass is 32.1. The van der Waals surface area contributed by atoms with Crippen LogP contribution in [0.5, 0.6) is 5.75 Å². The van der Waals surface area contributed by atoms with Gasteiger partial charge in [-0.3, -0.25) is 9.59 Å². The molecular weight excluding hydrogens is 374 g/mol. The molecule has 3 aromatic rings. The molecule has 0 saturated heterocycles. The van der Waals surface area contributed by atoms with Gasteiger partial charge in [0.25, 0.3) is 11.8 Å². The van der Waals surface area contributed by atoms with Gasteiger partial charge in [0.15, 0.2) is 0 Å². The molecule has 0 saturated carbocycles. The summed E-state index contributed by atoms with van der Waals surface area (Å²) < 4.78 is 5.64. The summed E-state index contributed by atoms with van der Waals surface area (Å²) in [5.41, 5.74) is 2.26. The van der Waals surface area contributed by atoms with Gasteiger partial charge in [-0.25, -0.2) is 4.98 Å². The standard InChI is InChI=1S/C21H21N3O3S/c1-13(2)27-17-9-7-14(8-10-17)21-24-18(12-28-21)20(26)23-16-6-4-5-15(11-16)19(25)22-3/h4-13H,1-3H3,(H,22,25)(H,23,26). The van der Waals surface area contributed by atoms with Crippen LogP contribution in [0.15, 0.2) is 53.9 Å². The average Bonchev–Trinajstić information content (AvgIpc) is 3.18. The zero-order valence-corrected chi connectivity index (χ0v) is 16.7. The topological polar surface area (TPSA) is 80.3 Å². The highest BCUT2D eigenvalue weighted by Gasteiger charge is 2.13. The lowest BCUT2D eigenvalue weighted by molar-refractivity contribution is 0.0961. The Balaban J connectivity index is 1.71.